The number of aliphatic imine (C=N–C) groups is 1. The molecule has 0 bridgehead atoms. The minimum Gasteiger partial charge on any atom is -0.467 e. The van der Waals surface area contributed by atoms with E-state index >= 15 is 0 Å². The third-order valence-corrected chi connectivity index (χ3v) is 4.77. The summed E-state index contributed by atoms with van der Waals surface area (Å²) in [7, 11) is 0. The SMILES string of the molecule is CCNC(=NCC(=O)NCc1ccco1)N1CCSC(C)(C)C1. The Hall–Kier alpha value is -1.63. The zero-order valence-corrected chi connectivity index (χ0v) is 14.9. The number of hydrogen-bond acceptors (Lipinski definition) is 4. The highest BCUT2D eigenvalue weighted by Crippen LogP contribution is 2.29. The minimum atomic E-state index is -0.109. The molecular formula is C16H26N4O2S. The van der Waals surface area contributed by atoms with E-state index in [1.807, 2.05) is 24.8 Å². The van der Waals surface area contributed by atoms with Crippen LogP contribution in [0.3, 0.4) is 0 Å². The third-order valence-electron chi connectivity index (χ3n) is 3.47. The molecule has 128 valence electrons. The third kappa shape index (κ3) is 5.82. The first-order valence-electron chi connectivity index (χ1n) is 7.96. The van der Waals surface area contributed by atoms with Gasteiger partial charge in [0.1, 0.15) is 12.3 Å². The molecule has 1 aromatic rings. The van der Waals surface area contributed by atoms with Crippen molar-refractivity contribution in [1.82, 2.24) is 15.5 Å². The van der Waals surface area contributed by atoms with Crippen molar-refractivity contribution in [3.8, 4) is 0 Å². The van der Waals surface area contributed by atoms with E-state index in [0.717, 1.165) is 37.1 Å². The molecule has 7 heteroatoms. The van der Waals surface area contributed by atoms with Crippen LogP contribution in [0, 0.1) is 0 Å². The molecule has 0 radical (unpaired) electrons. The number of thioether (sulfide) groups is 1. The van der Waals surface area contributed by atoms with Gasteiger partial charge in [0.25, 0.3) is 0 Å². The van der Waals surface area contributed by atoms with Gasteiger partial charge in [0.15, 0.2) is 5.96 Å². The van der Waals surface area contributed by atoms with Gasteiger partial charge in [-0.15, -0.1) is 0 Å². The molecule has 1 aliphatic heterocycles. The highest BCUT2D eigenvalue weighted by Gasteiger charge is 2.28. The Morgan fingerprint density at radius 1 is 1.48 bits per heavy atom. The van der Waals surface area contributed by atoms with Gasteiger partial charge in [0.05, 0.1) is 12.8 Å². The normalized spacial score (nSPS) is 17.9. The molecule has 1 amide bonds. The summed E-state index contributed by atoms with van der Waals surface area (Å²) in [6.45, 7) is 9.70. The van der Waals surface area contributed by atoms with Crippen molar-refractivity contribution in [2.45, 2.75) is 32.1 Å². The summed E-state index contributed by atoms with van der Waals surface area (Å²) in [6.07, 6.45) is 1.60. The van der Waals surface area contributed by atoms with Gasteiger partial charge >= 0.3 is 0 Å². The fourth-order valence-electron chi connectivity index (χ4n) is 2.42. The van der Waals surface area contributed by atoms with Crippen molar-refractivity contribution in [1.29, 1.82) is 0 Å². The molecule has 0 unspecified atom stereocenters. The average molecular weight is 338 g/mol. The van der Waals surface area contributed by atoms with Gasteiger partial charge in [-0.25, -0.2) is 4.99 Å². The van der Waals surface area contributed by atoms with Gasteiger partial charge in [0, 0.05) is 30.1 Å². The van der Waals surface area contributed by atoms with E-state index in [0.29, 0.717) is 6.54 Å². The van der Waals surface area contributed by atoms with Crippen LogP contribution >= 0.6 is 11.8 Å². The number of carbonyl (C=O) groups is 1. The number of furan rings is 1. The Morgan fingerprint density at radius 3 is 2.96 bits per heavy atom. The fourth-order valence-corrected chi connectivity index (χ4v) is 3.54. The van der Waals surface area contributed by atoms with E-state index in [4.69, 9.17) is 4.42 Å². The van der Waals surface area contributed by atoms with Crippen LogP contribution in [0.15, 0.2) is 27.8 Å². The van der Waals surface area contributed by atoms with Crippen molar-refractivity contribution in [3.05, 3.63) is 24.2 Å². The lowest BCUT2D eigenvalue weighted by molar-refractivity contribution is -0.119. The monoisotopic (exact) mass is 338 g/mol. The van der Waals surface area contributed by atoms with E-state index in [2.05, 4.69) is 34.4 Å². The van der Waals surface area contributed by atoms with Gasteiger partial charge < -0.3 is 20.0 Å². The first-order valence-corrected chi connectivity index (χ1v) is 8.95. The van der Waals surface area contributed by atoms with E-state index in [-0.39, 0.29) is 17.2 Å². The Morgan fingerprint density at radius 2 is 2.30 bits per heavy atom. The number of rotatable bonds is 5. The molecule has 1 saturated heterocycles. The number of amides is 1. The second kappa shape index (κ2) is 8.29. The van der Waals surface area contributed by atoms with E-state index in [9.17, 15) is 4.79 Å². The summed E-state index contributed by atoms with van der Waals surface area (Å²) in [5.41, 5.74) is 0. The smallest absolute Gasteiger partial charge is 0.242 e. The molecule has 0 aromatic carbocycles. The maximum absolute atomic E-state index is 11.9. The summed E-state index contributed by atoms with van der Waals surface area (Å²) < 4.78 is 5.40. The molecule has 23 heavy (non-hydrogen) atoms. The van der Waals surface area contributed by atoms with Crippen LogP contribution in [0.2, 0.25) is 0 Å². The molecule has 0 spiro atoms. The molecule has 2 heterocycles. The molecule has 2 N–H and O–H groups in total. The van der Waals surface area contributed by atoms with E-state index in [1.54, 1.807) is 12.3 Å². The van der Waals surface area contributed by atoms with Crippen molar-refractivity contribution in [2.75, 3.05) is 31.9 Å². The predicted octanol–water partition coefficient (Wildman–Crippen LogP) is 1.69. The van der Waals surface area contributed by atoms with Crippen molar-refractivity contribution in [3.63, 3.8) is 0 Å². The summed E-state index contributed by atoms with van der Waals surface area (Å²) in [6, 6.07) is 3.64. The van der Waals surface area contributed by atoms with Gasteiger partial charge in [-0.1, -0.05) is 0 Å². The molecular weight excluding hydrogens is 312 g/mol. The van der Waals surface area contributed by atoms with Gasteiger partial charge in [0.2, 0.25) is 5.91 Å². The lowest BCUT2D eigenvalue weighted by atomic mass is 10.2. The van der Waals surface area contributed by atoms with Crippen molar-refractivity contribution in [2.24, 2.45) is 4.99 Å². The molecule has 0 saturated carbocycles. The van der Waals surface area contributed by atoms with E-state index in [1.165, 1.54) is 0 Å². The first kappa shape index (κ1) is 17.7. The molecule has 1 aromatic heterocycles. The number of hydrogen-bond donors (Lipinski definition) is 2. The van der Waals surface area contributed by atoms with Gasteiger partial charge in [-0.3, -0.25) is 4.79 Å². The second-order valence-electron chi connectivity index (χ2n) is 6.06. The zero-order chi connectivity index (χ0) is 16.7. The maximum Gasteiger partial charge on any atom is 0.242 e. The highest BCUT2D eigenvalue weighted by molar-refractivity contribution is 8.00. The van der Waals surface area contributed by atoms with Gasteiger partial charge in [-0.05, 0) is 32.9 Å². The lowest BCUT2D eigenvalue weighted by Crippen LogP contribution is -2.51. The van der Waals surface area contributed by atoms with Gasteiger partial charge in [-0.2, -0.15) is 11.8 Å². The van der Waals surface area contributed by atoms with Crippen molar-refractivity contribution >= 4 is 23.6 Å². The fraction of sp³-hybridized carbons (Fsp3) is 0.625. The Labute approximate surface area is 142 Å². The summed E-state index contributed by atoms with van der Waals surface area (Å²) in [5, 5.41) is 6.09. The van der Waals surface area contributed by atoms with Crippen LogP contribution in [-0.2, 0) is 11.3 Å². The standard InChI is InChI=1S/C16H26N4O2S/c1-4-17-15(20-7-9-23-16(2,3)12-20)19-11-14(21)18-10-13-6-5-8-22-13/h5-6,8H,4,7,9-12H2,1-3H3,(H,17,19)(H,18,21). The van der Waals surface area contributed by atoms with E-state index < -0.39 is 0 Å². The summed E-state index contributed by atoms with van der Waals surface area (Å²) >= 11 is 1.98. The number of nitrogens with one attached hydrogen (secondary N) is 2. The first-order chi connectivity index (χ1) is 11.0. The second-order valence-corrected chi connectivity index (χ2v) is 7.86. The summed E-state index contributed by atoms with van der Waals surface area (Å²) in [5.74, 6) is 2.52. The van der Waals surface area contributed by atoms with Crippen LogP contribution in [0.5, 0.6) is 0 Å². The van der Waals surface area contributed by atoms with Crippen LogP contribution in [-0.4, -0.2) is 53.4 Å². The molecule has 2 rings (SSSR count). The van der Waals surface area contributed by atoms with Crippen LogP contribution in [0.4, 0.5) is 0 Å². The van der Waals surface area contributed by atoms with Crippen molar-refractivity contribution < 1.29 is 9.21 Å². The van der Waals surface area contributed by atoms with Crippen LogP contribution < -0.4 is 10.6 Å². The molecule has 0 atom stereocenters. The highest BCUT2D eigenvalue weighted by atomic mass is 32.2. The molecule has 6 nitrogen and oxygen atoms in total. The quantitative estimate of drug-likeness (QED) is 0.631. The van der Waals surface area contributed by atoms with Crippen LogP contribution in [0.1, 0.15) is 26.5 Å². The molecule has 1 fully saturated rings. The number of guanidine groups is 1. The topological polar surface area (TPSA) is 69.9 Å². The zero-order valence-electron chi connectivity index (χ0n) is 14.1. The Kier molecular flexibility index (Phi) is 6.38. The molecule has 0 aliphatic carbocycles. The van der Waals surface area contributed by atoms with Crippen LogP contribution in [0.25, 0.3) is 0 Å². The minimum absolute atomic E-state index is 0.109. The maximum atomic E-state index is 11.9. The lowest BCUT2D eigenvalue weighted by Gasteiger charge is -2.39. The molecule has 1 aliphatic rings. The summed E-state index contributed by atoms with van der Waals surface area (Å²) in [4.78, 5) is 18.7. The Bertz CT molecular complexity index is 528. The number of carbonyl (C=O) groups excluding carboxylic acids is 1. The number of nitrogens with zero attached hydrogens (tertiary/aromatic N) is 2. The largest absolute Gasteiger partial charge is 0.467 e. The predicted molar refractivity (Wildman–Crippen MR) is 94.6 cm³/mol. The Balaban J connectivity index is 1.88. The average Bonchev–Trinajstić information content (AvgIpc) is 3.01.